The van der Waals surface area contributed by atoms with Crippen molar-refractivity contribution in [3.05, 3.63) is 34.9 Å². The molecule has 3 aliphatic rings. The summed E-state index contributed by atoms with van der Waals surface area (Å²) < 4.78 is 37.4. The van der Waals surface area contributed by atoms with Crippen LogP contribution in [0.1, 0.15) is 32.6 Å². The second-order valence-electron chi connectivity index (χ2n) is 11.1. The SMILES string of the molecule is CC1(Nc2nc(OCC34CCCN3CCC4)nc3c(F)c(-c4ccc(F)c5sc(N)nc45)c(Cl)cc23)CNC1. The summed E-state index contributed by atoms with van der Waals surface area (Å²) >= 11 is 7.72. The van der Waals surface area contributed by atoms with E-state index in [1.807, 2.05) is 0 Å². The first kappa shape index (κ1) is 25.1. The molecule has 0 aliphatic carbocycles. The third kappa shape index (κ3) is 4.09. The monoisotopic (exact) mass is 571 g/mol. The fourth-order valence-electron chi connectivity index (χ4n) is 6.31. The summed E-state index contributed by atoms with van der Waals surface area (Å²) in [5, 5.41) is 7.49. The Morgan fingerprint density at radius 3 is 2.64 bits per heavy atom. The van der Waals surface area contributed by atoms with Crippen molar-refractivity contribution in [1.82, 2.24) is 25.2 Å². The number of rotatable bonds is 6. The van der Waals surface area contributed by atoms with Gasteiger partial charge in [0.1, 0.15) is 23.8 Å². The van der Waals surface area contributed by atoms with Crippen molar-refractivity contribution in [3.8, 4) is 17.1 Å². The molecule has 0 unspecified atom stereocenters. The molecule has 3 saturated heterocycles. The van der Waals surface area contributed by atoms with Crippen molar-refractivity contribution in [2.45, 2.75) is 43.7 Å². The number of hydrogen-bond donors (Lipinski definition) is 3. The second-order valence-corrected chi connectivity index (χ2v) is 12.6. The summed E-state index contributed by atoms with van der Waals surface area (Å²) in [5.41, 5.74) is 6.37. The van der Waals surface area contributed by atoms with E-state index in [2.05, 4.69) is 32.4 Å². The van der Waals surface area contributed by atoms with Gasteiger partial charge in [-0.15, -0.1) is 0 Å². The largest absolute Gasteiger partial charge is 0.461 e. The summed E-state index contributed by atoms with van der Waals surface area (Å²) in [6.07, 6.45) is 4.43. The molecule has 7 rings (SSSR count). The Hall–Kier alpha value is -2.86. The van der Waals surface area contributed by atoms with Crippen molar-refractivity contribution < 1.29 is 13.5 Å². The van der Waals surface area contributed by atoms with Crippen molar-refractivity contribution in [1.29, 1.82) is 0 Å². The van der Waals surface area contributed by atoms with Crippen LogP contribution < -0.4 is 21.1 Å². The summed E-state index contributed by atoms with van der Waals surface area (Å²) in [5.74, 6) is -0.661. The second kappa shape index (κ2) is 9.09. The maximum atomic E-state index is 16.5. The predicted octanol–water partition coefficient (Wildman–Crippen LogP) is 5.20. The van der Waals surface area contributed by atoms with Gasteiger partial charge in [0.2, 0.25) is 0 Å². The van der Waals surface area contributed by atoms with Gasteiger partial charge in [-0.1, -0.05) is 22.9 Å². The number of nitrogen functional groups attached to an aromatic ring is 1. The third-order valence-corrected chi connectivity index (χ3v) is 9.57. The first-order valence-electron chi connectivity index (χ1n) is 13.2. The molecule has 12 heteroatoms. The van der Waals surface area contributed by atoms with Crippen LogP contribution in [0, 0.1) is 11.6 Å². The van der Waals surface area contributed by atoms with E-state index in [1.54, 1.807) is 6.07 Å². The summed E-state index contributed by atoms with van der Waals surface area (Å²) in [6.45, 7) is 6.14. The van der Waals surface area contributed by atoms with Gasteiger partial charge < -0.3 is 21.1 Å². The van der Waals surface area contributed by atoms with E-state index in [0.29, 0.717) is 23.4 Å². The number of anilines is 2. The Morgan fingerprint density at radius 1 is 1.15 bits per heavy atom. The standard InChI is InChI=1S/C27H28ClF2N7OS/c1-26(11-32-12-26)36-23-15-10-16(28)18(14-4-5-17(29)22-21(14)33-24(31)39-22)19(30)20(15)34-25(35-23)38-13-27-6-2-8-37(27)9-3-7-27/h4-5,10,32H,2-3,6-9,11-13H2,1H3,(H2,31,33)(H,34,35,36). The number of fused-ring (bicyclic) bond motifs is 3. The lowest BCUT2D eigenvalue weighted by molar-refractivity contribution is 0.108. The smallest absolute Gasteiger partial charge is 0.319 e. The number of ether oxygens (including phenoxy) is 1. The fraction of sp³-hybridized carbons (Fsp3) is 0.444. The highest BCUT2D eigenvalue weighted by Crippen LogP contribution is 2.43. The number of nitrogens with zero attached hydrogens (tertiary/aromatic N) is 4. The lowest BCUT2D eigenvalue weighted by atomic mass is 9.95. The summed E-state index contributed by atoms with van der Waals surface area (Å²) in [4.78, 5) is 16.0. The van der Waals surface area contributed by atoms with E-state index >= 15 is 4.39 Å². The van der Waals surface area contributed by atoms with Crippen molar-refractivity contribution in [3.63, 3.8) is 0 Å². The van der Waals surface area contributed by atoms with Gasteiger partial charge in [-0.2, -0.15) is 9.97 Å². The molecular formula is C27H28ClF2N7OS. The van der Waals surface area contributed by atoms with Crippen LogP contribution in [0.25, 0.3) is 32.2 Å². The van der Waals surface area contributed by atoms with Crippen LogP contribution in [0.3, 0.4) is 0 Å². The van der Waals surface area contributed by atoms with Gasteiger partial charge in [-0.05, 0) is 63.9 Å². The molecule has 4 aromatic rings. The molecule has 4 N–H and O–H groups in total. The molecule has 5 heterocycles. The number of benzene rings is 2. The van der Waals surface area contributed by atoms with Gasteiger partial charge in [-0.25, -0.2) is 13.8 Å². The molecule has 0 amide bonds. The van der Waals surface area contributed by atoms with E-state index in [0.717, 1.165) is 63.2 Å². The van der Waals surface area contributed by atoms with Crippen molar-refractivity contribution in [2.24, 2.45) is 0 Å². The lowest BCUT2D eigenvalue weighted by Gasteiger charge is -2.40. The van der Waals surface area contributed by atoms with Gasteiger partial charge in [0.05, 0.1) is 26.3 Å². The average molecular weight is 572 g/mol. The summed E-state index contributed by atoms with van der Waals surface area (Å²) in [7, 11) is 0. The van der Waals surface area contributed by atoms with Crippen LogP contribution >= 0.6 is 22.9 Å². The Labute approximate surface area is 232 Å². The molecule has 39 heavy (non-hydrogen) atoms. The van der Waals surface area contributed by atoms with E-state index in [4.69, 9.17) is 27.1 Å². The Bertz CT molecular complexity index is 1620. The van der Waals surface area contributed by atoms with E-state index in [9.17, 15) is 4.39 Å². The Kier molecular flexibility index (Phi) is 5.85. The van der Waals surface area contributed by atoms with E-state index in [-0.39, 0.29) is 48.5 Å². The number of hydrogen-bond acceptors (Lipinski definition) is 9. The van der Waals surface area contributed by atoms with Crippen molar-refractivity contribution in [2.75, 3.05) is 43.8 Å². The molecule has 3 fully saturated rings. The average Bonchev–Trinajstić information content (AvgIpc) is 3.58. The maximum Gasteiger partial charge on any atom is 0.319 e. The van der Waals surface area contributed by atoms with Crippen LogP contribution in [0.4, 0.5) is 19.7 Å². The minimum absolute atomic E-state index is 0.0102. The quantitative estimate of drug-likeness (QED) is 0.290. The normalized spacial score (nSPS) is 19.9. The van der Waals surface area contributed by atoms with E-state index < -0.39 is 11.6 Å². The van der Waals surface area contributed by atoms with Gasteiger partial charge in [0, 0.05) is 29.6 Å². The highest BCUT2D eigenvalue weighted by Gasteiger charge is 2.45. The van der Waals surface area contributed by atoms with Crippen LogP contribution in [-0.2, 0) is 0 Å². The molecule has 204 valence electrons. The molecule has 0 atom stereocenters. The van der Waals surface area contributed by atoms with Gasteiger partial charge in [0.15, 0.2) is 10.9 Å². The minimum atomic E-state index is -0.648. The minimum Gasteiger partial charge on any atom is -0.461 e. The zero-order valence-electron chi connectivity index (χ0n) is 21.4. The molecule has 0 radical (unpaired) electrons. The molecule has 0 saturated carbocycles. The molecule has 0 bridgehead atoms. The molecule has 0 spiro atoms. The fourth-order valence-corrected chi connectivity index (χ4v) is 7.37. The van der Waals surface area contributed by atoms with Crippen LogP contribution in [-0.4, -0.2) is 63.7 Å². The van der Waals surface area contributed by atoms with Gasteiger partial charge >= 0.3 is 6.01 Å². The predicted molar refractivity (Wildman–Crippen MR) is 151 cm³/mol. The lowest BCUT2D eigenvalue weighted by Crippen LogP contribution is -2.62. The van der Waals surface area contributed by atoms with Crippen LogP contribution in [0.5, 0.6) is 6.01 Å². The first-order valence-corrected chi connectivity index (χ1v) is 14.4. The van der Waals surface area contributed by atoms with Gasteiger partial charge in [-0.3, -0.25) is 4.90 Å². The highest BCUT2D eigenvalue weighted by molar-refractivity contribution is 7.22. The zero-order chi connectivity index (χ0) is 26.9. The molecule has 8 nitrogen and oxygen atoms in total. The van der Waals surface area contributed by atoms with E-state index in [1.165, 1.54) is 12.1 Å². The van der Waals surface area contributed by atoms with Gasteiger partial charge in [0.25, 0.3) is 0 Å². The third-order valence-electron chi connectivity index (χ3n) is 8.38. The maximum absolute atomic E-state index is 16.5. The molecule has 2 aromatic carbocycles. The Balaban J connectivity index is 1.36. The van der Waals surface area contributed by atoms with Crippen LogP contribution in [0.15, 0.2) is 18.2 Å². The van der Waals surface area contributed by atoms with Crippen molar-refractivity contribution >= 4 is 55.0 Å². The molecule has 2 aromatic heterocycles. The summed E-state index contributed by atoms with van der Waals surface area (Å²) in [6, 6.07) is 4.51. The number of thiazole rings is 1. The van der Waals surface area contributed by atoms with Crippen LogP contribution in [0.2, 0.25) is 5.02 Å². The Morgan fingerprint density at radius 2 is 1.92 bits per heavy atom. The zero-order valence-corrected chi connectivity index (χ0v) is 23.0. The number of nitrogens with two attached hydrogens (primary N) is 1. The number of halogens is 3. The highest BCUT2D eigenvalue weighted by atomic mass is 35.5. The number of nitrogens with one attached hydrogen (secondary N) is 2. The molecule has 3 aliphatic heterocycles. The number of aromatic nitrogens is 3. The first-order chi connectivity index (χ1) is 18.8. The topological polar surface area (TPSA) is 101 Å². The molecular weight excluding hydrogens is 544 g/mol.